The van der Waals surface area contributed by atoms with Crippen molar-refractivity contribution in [1.82, 2.24) is 0 Å². The third-order valence-corrected chi connectivity index (χ3v) is 1.22. The van der Waals surface area contributed by atoms with E-state index >= 15 is 0 Å². The van der Waals surface area contributed by atoms with E-state index in [0.717, 1.165) is 0 Å². The van der Waals surface area contributed by atoms with Gasteiger partial charge in [-0.3, -0.25) is 0 Å². The Morgan fingerprint density at radius 1 is 1.73 bits per heavy atom. The zero-order valence-electron chi connectivity index (χ0n) is 6.33. The second-order valence-electron chi connectivity index (χ2n) is 2.01. The topological polar surface area (TPSA) is 26.3 Å². The number of carbonyl (C=O) groups excluding carboxylic acids is 1. The molecule has 0 aromatic heterocycles. The molecule has 0 unspecified atom stereocenters. The first-order valence-corrected chi connectivity index (χ1v) is 3.48. The highest BCUT2D eigenvalue weighted by molar-refractivity contribution is 5.89. The van der Waals surface area contributed by atoms with Crippen molar-refractivity contribution in [2.24, 2.45) is 0 Å². The van der Waals surface area contributed by atoms with Crippen LogP contribution in [0.3, 0.4) is 0 Å². The van der Waals surface area contributed by atoms with Crippen LogP contribution in [-0.4, -0.2) is 12.6 Å². The van der Waals surface area contributed by atoms with Gasteiger partial charge in [0.2, 0.25) is 0 Å². The number of hydrogen-bond acceptors (Lipinski definition) is 2. The summed E-state index contributed by atoms with van der Waals surface area (Å²) in [6.07, 6.45) is 0. The largest absolute Gasteiger partial charge is 0.462 e. The van der Waals surface area contributed by atoms with Gasteiger partial charge in [0.1, 0.15) is 0 Å². The smallest absolute Gasteiger partial charge is 0.338 e. The highest BCUT2D eigenvalue weighted by Crippen LogP contribution is 1.99. The molecule has 57 valence electrons. The van der Waals surface area contributed by atoms with Crippen molar-refractivity contribution in [2.75, 3.05) is 6.61 Å². The van der Waals surface area contributed by atoms with Crippen LogP contribution in [0.25, 0.3) is 0 Å². The second kappa shape index (κ2) is 3.76. The third-order valence-electron chi connectivity index (χ3n) is 1.22. The van der Waals surface area contributed by atoms with Gasteiger partial charge in [-0.2, -0.15) is 0 Å². The van der Waals surface area contributed by atoms with E-state index < -0.39 is 0 Å². The molecule has 0 fully saturated rings. The highest BCUT2D eigenvalue weighted by Gasteiger charge is 2.02. The Kier molecular flexibility index (Phi) is 2.66. The molecule has 0 amide bonds. The van der Waals surface area contributed by atoms with Crippen molar-refractivity contribution >= 4 is 5.97 Å². The van der Waals surface area contributed by atoms with Crippen LogP contribution in [0.4, 0.5) is 0 Å². The van der Waals surface area contributed by atoms with Crippen LogP contribution in [0.2, 0.25) is 0 Å². The molecular formula is C9H9O2. The third kappa shape index (κ3) is 2.08. The average molecular weight is 149 g/mol. The lowest BCUT2D eigenvalue weighted by Crippen LogP contribution is -2.03. The van der Waals surface area contributed by atoms with Crippen molar-refractivity contribution < 1.29 is 9.53 Å². The van der Waals surface area contributed by atoms with Crippen molar-refractivity contribution in [3.05, 3.63) is 35.9 Å². The van der Waals surface area contributed by atoms with Crippen LogP contribution in [-0.2, 0) is 4.74 Å². The predicted octanol–water partition coefficient (Wildman–Crippen LogP) is 1.66. The van der Waals surface area contributed by atoms with Gasteiger partial charge in [-0.15, -0.1) is 0 Å². The van der Waals surface area contributed by atoms with Crippen LogP contribution in [0.1, 0.15) is 17.3 Å². The Labute approximate surface area is 65.8 Å². The second-order valence-corrected chi connectivity index (χ2v) is 2.01. The molecule has 0 heterocycles. The van der Waals surface area contributed by atoms with Gasteiger partial charge >= 0.3 is 5.97 Å². The minimum Gasteiger partial charge on any atom is -0.462 e. The summed E-state index contributed by atoms with van der Waals surface area (Å²) >= 11 is 0. The van der Waals surface area contributed by atoms with E-state index in [-0.39, 0.29) is 5.97 Å². The van der Waals surface area contributed by atoms with Crippen molar-refractivity contribution in [1.29, 1.82) is 0 Å². The van der Waals surface area contributed by atoms with Crippen molar-refractivity contribution in [3.63, 3.8) is 0 Å². The maximum Gasteiger partial charge on any atom is 0.338 e. The molecule has 0 saturated heterocycles. The summed E-state index contributed by atoms with van der Waals surface area (Å²) in [5.74, 6) is -0.288. The van der Waals surface area contributed by atoms with E-state index in [1.165, 1.54) is 0 Å². The SMILES string of the molecule is CCOC(=O)c1c[c]ccc1. The van der Waals surface area contributed by atoms with E-state index in [1.807, 2.05) is 0 Å². The van der Waals surface area contributed by atoms with Crippen LogP contribution in [0.5, 0.6) is 0 Å². The normalized spacial score (nSPS) is 9.18. The van der Waals surface area contributed by atoms with E-state index in [1.54, 1.807) is 31.2 Å². The van der Waals surface area contributed by atoms with Crippen molar-refractivity contribution in [3.8, 4) is 0 Å². The molecule has 0 atom stereocenters. The van der Waals surface area contributed by atoms with Gasteiger partial charge in [-0.05, 0) is 25.1 Å². The molecule has 2 heteroatoms. The molecule has 2 nitrogen and oxygen atoms in total. The van der Waals surface area contributed by atoms with Gasteiger partial charge in [0.15, 0.2) is 0 Å². The van der Waals surface area contributed by atoms with Crippen LogP contribution in [0.15, 0.2) is 24.3 Å². The first-order valence-electron chi connectivity index (χ1n) is 3.48. The first-order chi connectivity index (χ1) is 5.34. The molecular weight excluding hydrogens is 140 g/mol. The fourth-order valence-electron chi connectivity index (χ4n) is 0.735. The summed E-state index contributed by atoms with van der Waals surface area (Å²) in [5.41, 5.74) is 0.550. The molecule has 0 N–H and O–H groups in total. The molecule has 0 aliphatic rings. The quantitative estimate of drug-likeness (QED) is 0.598. The number of esters is 1. The monoisotopic (exact) mass is 149 g/mol. The maximum atomic E-state index is 11.0. The van der Waals surface area contributed by atoms with Crippen LogP contribution < -0.4 is 0 Å². The van der Waals surface area contributed by atoms with Gasteiger partial charge in [-0.25, -0.2) is 4.79 Å². The molecule has 0 spiro atoms. The first kappa shape index (κ1) is 7.79. The summed E-state index contributed by atoms with van der Waals surface area (Å²) in [6.45, 7) is 2.19. The summed E-state index contributed by atoms with van der Waals surface area (Å²) in [7, 11) is 0. The number of benzene rings is 1. The molecule has 1 radical (unpaired) electrons. The molecule has 1 aromatic rings. The lowest BCUT2D eigenvalue weighted by atomic mass is 10.2. The molecule has 0 aliphatic carbocycles. The number of ether oxygens (including phenoxy) is 1. The number of rotatable bonds is 2. The van der Waals surface area contributed by atoms with Crippen LogP contribution in [0, 0.1) is 6.07 Å². The minimum atomic E-state index is -0.288. The fraction of sp³-hybridized carbons (Fsp3) is 0.222. The lowest BCUT2D eigenvalue weighted by Gasteiger charge is -1.99. The Hall–Kier alpha value is -1.31. The molecule has 0 aliphatic heterocycles. The van der Waals surface area contributed by atoms with Gasteiger partial charge in [-0.1, -0.05) is 12.1 Å². The summed E-state index contributed by atoms with van der Waals surface area (Å²) in [4.78, 5) is 11.0. The Bertz CT molecular complexity index is 229. The van der Waals surface area contributed by atoms with Crippen molar-refractivity contribution in [2.45, 2.75) is 6.92 Å². The molecule has 0 bridgehead atoms. The molecule has 1 aromatic carbocycles. The average Bonchev–Trinajstić information content (AvgIpc) is 2.07. The zero-order chi connectivity index (χ0) is 8.10. The Morgan fingerprint density at radius 3 is 3.09 bits per heavy atom. The number of hydrogen-bond donors (Lipinski definition) is 0. The zero-order valence-corrected chi connectivity index (χ0v) is 6.33. The summed E-state index contributed by atoms with van der Waals surface area (Å²) in [5, 5.41) is 0. The van der Waals surface area contributed by atoms with E-state index in [9.17, 15) is 4.79 Å². The van der Waals surface area contributed by atoms with E-state index in [2.05, 4.69) is 6.07 Å². The van der Waals surface area contributed by atoms with Gasteiger partial charge in [0.05, 0.1) is 12.2 Å². The maximum absolute atomic E-state index is 11.0. The standard InChI is InChI=1S/C9H9O2/c1-2-11-9(10)8-6-4-3-5-7-8/h3-4,6-7H,2H2,1H3. The lowest BCUT2D eigenvalue weighted by molar-refractivity contribution is 0.0526. The van der Waals surface area contributed by atoms with Gasteiger partial charge < -0.3 is 4.74 Å². The van der Waals surface area contributed by atoms with Gasteiger partial charge in [0.25, 0.3) is 0 Å². The van der Waals surface area contributed by atoms with Gasteiger partial charge in [0, 0.05) is 0 Å². The molecule has 0 saturated carbocycles. The number of carbonyl (C=O) groups is 1. The summed E-state index contributed by atoms with van der Waals surface area (Å²) < 4.78 is 4.77. The van der Waals surface area contributed by atoms with E-state index in [0.29, 0.717) is 12.2 Å². The fourth-order valence-corrected chi connectivity index (χ4v) is 0.735. The molecule has 11 heavy (non-hydrogen) atoms. The molecule has 1 rings (SSSR count). The minimum absolute atomic E-state index is 0.288. The Morgan fingerprint density at radius 2 is 2.55 bits per heavy atom. The predicted molar refractivity (Wildman–Crippen MR) is 41.2 cm³/mol. The highest BCUT2D eigenvalue weighted by atomic mass is 16.5. The van der Waals surface area contributed by atoms with Crippen LogP contribution >= 0.6 is 0 Å². The van der Waals surface area contributed by atoms with E-state index in [4.69, 9.17) is 4.74 Å². The Balaban J connectivity index is 2.69. The summed E-state index contributed by atoms with van der Waals surface area (Å²) in [6, 6.07) is 9.61.